The normalized spacial score (nSPS) is 13.8. The van der Waals surface area contributed by atoms with Crippen LogP contribution in [0, 0.1) is 0 Å². The lowest BCUT2D eigenvalue weighted by molar-refractivity contribution is 0.562. The van der Waals surface area contributed by atoms with E-state index in [1.54, 1.807) is 24.3 Å². The van der Waals surface area contributed by atoms with Crippen LogP contribution in [0.4, 0.5) is 0 Å². The molecule has 1 N–H and O–H groups in total. The van der Waals surface area contributed by atoms with Crippen molar-refractivity contribution in [3.8, 4) is 0 Å². The lowest BCUT2D eigenvalue weighted by Crippen LogP contribution is -2.13. The number of hydrogen-bond acceptors (Lipinski definition) is 3. The molecule has 1 rings (SSSR count). The Bertz CT molecular complexity index is 410. The molecule has 1 aromatic rings. The van der Waals surface area contributed by atoms with Crippen molar-refractivity contribution in [2.45, 2.75) is 6.42 Å². The summed E-state index contributed by atoms with van der Waals surface area (Å²) >= 11 is 0. The van der Waals surface area contributed by atoms with Gasteiger partial charge in [0.25, 0.3) is 19.0 Å². The van der Waals surface area contributed by atoms with E-state index < -0.39 is 19.0 Å². The summed E-state index contributed by atoms with van der Waals surface area (Å²) < 4.78 is 40.7. The maximum atomic E-state index is 11.0. The molecule has 0 aliphatic carbocycles. The summed E-state index contributed by atoms with van der Waals surface area (Å²) in [4.78, 5) is 0. The molecule has 1 unspecified atom stereocenters. The highest BCUT2D eigenvalue weighted by atomic mass is 33.2. The molecule has 1 aromatic carbocycles. The zero-order valence-electron chi connectivity index (χ0n) is 7.29. The minimum Gasteiger partial charge on any atom is -0.294 e. The van der Waals surface area contributed by atoms with Crippen LogP contribution in [-0.4, -0.2) is 22.9 Å². The molecule has 0 saturated heterocycles. The van der Waals surface area contributed by atoms with Gasteiger partial charge in [0.1, 0.15) is 0 Å². The van der Waals surface area contributed by atoms with Crippen molar-refractivity contribution in [2.24, 2.45) is 0 Å². The smallest absolute Gasteiger partial charge is 0.274 e. The topological polar surface area (TPSA) is 71.4 Å². The molecule has 0 aliphatic rings. The van der Waals surface area contributed by atoms with Crippen molar-refractivity contribution in [1.82, 2.24) is 0 Å². The van der Waals surface area contributed by atoms with E-state index in [9.17, 15) is 12.6 Å². The minimum absolute atomic E-state index is 0.259. The van der Waals surface area contributed by atoms with E-state index in [1.165, 1.54) is 0 Å². The van der Waals surface area contributed by atoms with Crippen LogP contribution in [0.25, 0.3) is 0 Å². The van der Waals surface area contributed by atoms with E-state index in [4.69, 9.17) is 4.55 Å². The van der Waals surface area contributed by atoms with E-state index in [0.29, 0.717) is 0 Å². The fraction of sp³-hybridized carbons (Fsp3) is 0.250. The van der Waals surface area contributed by atoms with Gasteiger partial charge < -0.3 is 0 Å². The van der Waals surface area contributed by atoms with Crippen LogP contribution in [0.1, 0.15) is 5.56 Å². The fourth-order valence-corrected chi connectivity index (χ4v) is 2.26. The van der Waals surface area contributed by atoms with E-state index in [0.717, 1.165) is 5.56 Å². The number of aryl methyl sites for hydroxylation is 1. The van der Waals surface area contributed by atoms with Gasteiger partial charge in [0.15, 0.2) is 0 Å². The Hall–Kier alpha value is -0.720. The van der Waals surface area contributed by atoms with E-state index >= 15 is 0 Å². The van der Waals surface area contributed by atoms with Gasteiger partial charge in [-0.1, -0.05) is 30.3 Å². The van der Waals surface area contributed by atoms with Crippen LogP contribution in [0.15, 0.2) is 30.3 Å². The van der Waals surface area contributed by atoms with Gasteiger partial charge in [-0.3, -0.25) is 4.55 Å². The molecule has 14 heavy (non-hydrogen) atoms. The third-order valence-corrected chi connectivity index (χ3v) is 4.64. The van der Waals surface area contributed by atoms with Gasteiger partial charge in [0, 0.05) is 0 Å². The second-order valence-corrected chi connectivity index (χ2v) is 7.05. The first-order chi connectivity index (χ1) is 6.52. The summed E-state index contributed by atoms with van der Waals surface area (Å²) in [6.45, 7) is 0. The molecule has 6 heteroatoms. The lowest BCUT2D eigenvalue weighted by atomic mass is 10.2. The fourth-order valence-electron chi connectivity index (χ4n) is 0.959. The van der Waals surface area contributed by atoms with Gasteiger partial charge in [-0.05, 0) is 12.0 Å². The number of hydrogen-bond donors (Lipinski definition) is 1. The average Bonchev–Trinajstić information content (AvgIpc) is 2.16. The minimum atomic E-state index is -3.87. The molecule has 4 nitrogen and oxygen atoms in total. The van der Waals surface area contributed by atoms with Crippen LogP contribution in [0.3, 0.4) is 0 Å². The van der Waals surface area contributed by atoms with Gasteiger partial charge in [0.05, 0.1) is 5.75 Å². The standard InChI is InChI=1S/C8H10O4S2/c9-13(10)14(11,12)7-6-8-4-2-1-3-5-8/h1-5H,6-7H2,(H,9,10). The van der Waals surface area contributed by atoms with E-state index in [2.05, 4.69) is 0 Å². The maximum absolute atomic E-state index is 11.0. The monoisotopic (exact) mass is 234 g/mol. The highest BCUT2D eigenvalue weighted by Gasteiger charge is 2.17. The third kappa shape index (κ3) is 3.21. The molecule has 0 radical (unpaired) electrons. The van der Waals surface area contributed by atoms with Crippen LogP contribution in [0.5, 0.6) is 0 Å². The van der Waals surface area contributed by atoms with Crippen LogP contribution in [-0.2, 0) is 25.4 Å². The van der Waals surface area contributed by atoms with Gasteiger partial charge >= 0.3 is 0 Å². The van der Waals surface area contributed by atoms with E-state index in [-0.39, 0.29) is 12.2 Å². The molecule has 0 heterocycles. The second-order valence-electron chi connectivity index (χ2n) is 2.71. The summed E-state index contributed by atoms with van der Waals surface area (Å²) in [7, 11) is -6.65. The molecule has 0 amide bonds. The summed E-state index contributed by atoms with van der Waals surface area (Å²) in [5.74, 6) is -0.305. The van der Waals surface area contributed by atoms with Gasteiger partial charge in [0.2, 0.25) is 0 Å². The first-order valence-corrected chi connectivity index (χ1v) is 7.18. The summed E-state index contributed by atoms with van der Waals surface area (Å²) in [6, 6.07) is 8.95. The van der Waals surface area contributed by atoms with Crippen LogP contribution >= 0.6 is 0 Å². The Morgan fingerprint density at radius 2 is 1.79 bits per heavy atom. The Morgan fingerprint density at radius 3 is 2.29 bits per heavy atom. The third-order valence-electron chi connectivity index (χ3n) is 1.70. The zero-order valence-corrected chi connectivity index (χ0v) is 8.92. The second kappa shape index (κ2) is 4.68. The number of benzene rings is 1. The van der Waals surface area contributed by atoms with Crippen molar-refractivity contribution in [2.75, 3.05) is 5.75 Å². The molecule has 0 bridgehead atoms. The summed E-state index contributed by atoms with van der Waals surface area (Å²) in [6.07, 6.45) is 0.259. The quantitative estimate of drug-likeness (QED) is 0.617. The number of rotatable bonds is 4. The molecular weight excluding hydrogens is 224 g/mol. The van der Waals surface area contributed by atoms with Crippen molar-refractivity contribution in [3.05, 3.63) is 35.9 Å². The molecular formula is C8H10O4S2. The average molecular weight is 234 g/mol. The SMILES string of the molecule is O=S(O)S(=O)(=O)CCc1ccccc1. The van der Waals surface area contributed by atoms with Gasteiger partial charge in [-0.2, -0.15) is 0 Å². The van der Waals surface area contributed by atoms with Crippen LogP contribution < -0.4 is 0 Å². The predicted molar refractivity (Wildman–Crippen MR) is 54.7 cm³/mol. The van der Waals surface area contributed by atoms with Gasteiger partial charge in [-0.25, -0.2) is 12.6 Å². The summed E-state index contributed by atoms with van der Waals surface area (Å²) in [5.41, 5.74) is 0.835. The molecule has 0 saturated carbocycles. The Morgan fingerprint density at radius 1 is 1.21 bits per heavy atom. The van der Waals surface area contributed by atoms with Crippen LogP contribution in [0.2, 0.25) is 0 Å². The first-order valence-electron chi connectivity index (χ1n) is 3.90. The molecule has 1 atom stereocenters. The first kappa shape index (κ1) is 11.4. The van der Waals surface area contributed by atoms with Crippen molar-refractivity contribution < 1.29 is 17.2 Å². The maximum Gasteiger partial charge on any atom is 0.274 e. The molecule has 0 spiro atoms. The van der Waals surface area contributed by atoms with Crippen molar-refractivity contribution in [1.29, 1.82) is 0 Å². The highest BCUT2D eigenvalue weighted by Crippen LogP contribution is 2.03. The van der Waals surface area contributed by atoms with Gasteiger partial charge in [-0.15, -0.1) is 0 Å². The molecule has 78 valence electrons. The molecule has 0 fully saturated rings. The largest absolute Gasteiger partial charge is 0.294 e. The highest BCUT2D eigenvalue weighted by molar-refractivity contribution is 8.62. The van der Waals surface area contributed by atoms with E-state index in [1.807, 2.05) is 6.07 Å². The predicted octanol–water partition coefficient (Wildman–Crippen LogP) is 0.781. The Balaban J connectivity index is 2.63. The van der Waals surface area contributed by atoms with Crippen molar-refractivity contribution >= 4 is 19.0 Å². The molecule has 0 aromatic heterocycles. The molecule has 0 aliphatic heterocycles. The lowest BCUT2D eigenvalue weighted by Gasteiger charge is -1.99. The zero-order chi connectivity index (χ0) is 10.6. The Labute approximate surface area is 84.6 Å². The summed E-state index contributed by atoms with van der Waals surface area (Å²) in [5, 5.41) is 0. The Kier molecular flexibility index (Phi) is 3.79. The van der Waals surface area contributed by atoms with Crippen molar-refractivity contribution in [3.63, 3.8) is 0 Å².